The molecular weight excluding hydrogens is 342 g/mol. The van der Waals surface area contributed by atoms with Crippen molar-refractivity contribution in [1.29, 1.82) is 0 Å². The van der Waals surface area contributed by atoms with Gasteiger partial charge in [0.15, 0.2) is 11.5 Å². The number of benzene rings is 1. The van der Waals surface area contributed by atoms with Crippen LogP contribution in [0.25, 0.3) is 0 Å². The number of likely N-dealkylation sites (N-methyl/N-ethyl adjacent to an activating group) is 1. The van der Waals surface area contributed by atoms with Gasteiger partial charge in [-0.15, -0.1) is 0 Å². The average molecular weight is 371 g/mol. The molecular formula is C20H29N5O2. The van der Waals surface area contributed by atoms with E-state index in [2.05, 4.69) is 46.3 Å². The van der Waals surface area contributed by atoms with Gasteiger partial charge in [-0.25, -0.2) is 4.98 Å². The van der Waals surface area contributed by atoms with E-state index in [4.69, 9.17) is 14.5 Å². The van der Waals surface area contributed by atoms with Crippen LogP contribution in [-0.2, 0) is 13.0 Å². The van der Waals surface area contributed by atoms with Gasteiger partial charge in [-0.05, 0) is 50.7 Å². The summed E-state index contributed by atoms with van der Waals surface area (Å²) in [6, 6.07) is 6.13. The van der Waals surface area contributed by atoms with Crippen LogP contribution < -0.4 is 19.7 Å². The normalized spacial score (nSPS) is 13.5. The molecule has 2 aromatic rings. The summed E-state index contributed by atoms with van der Waals surface area (Å²) in [5.41, 5.74) is 3.48. The largest absolute Gasteiger partial charge is 0.493 e. The standard InChI is InChI=1S/C20H29N5O2/c1-14-10-19(21-7-9-24(2)3)23-20(22-14)25-8-6-15-11-17(26-4)18(27-5)12-16(15)13-25/h10-12H,6-9,13H2,1-5H3,(H,21,22,23). The molecule has 1 N–H and O–H groups in total. The zero-order valence-corrected chi connectivity index (χ0v) is 16.9. The quantitative estimate of drug-likeness (QED) is 0.801. The van der Waals surface area contributed by atoms with Crippen molar-refractivity contribution in [1.82, 2.24) is 14.9 Å². The number of fused-ring (bicyclic) bond motifs is 1. The van der Waals surface area contributed by atoms with E-state index >= 15 is 0 Å². The third kappa shape index (κ3) is 4.60. The van der Waals surface area contributed by atoms with Crippen LogP contribution in [0.1, 0.15) is 16.8 Å². The van der Waals surface area contributed by atoms with Gasteiger partial charge in [0.25, 0.3) is 0 Å². The summed E-state index contributed by atoms with van der Waals surface area (Å²) >= 11 is 0. The molecule has 1 aliphatic rings. The Morgan fingerprint density at radius 1 is 1.07 bits per heavy atom. The molecule has 0 saturated carbocycles. The van der Waals surface area contributed by atoms with Crippen molar-refractivity contribution in [2.75, 3.05) is 58.2 Å². The molecule has 2 heterocycles. The van der Waals surface area contributed by atoms with Crippen molar-refractivity contribution < 1.29 is 9.47 Å². The zero-order chi connectivity index (χ0) is 19.4. The fraction of sp³-hybridized carbons (Fsp3) is 0.500. The molecule has 1 aromatic carbocycles. The fourth-order valence-electron chi connectivity index (χ4n) is 3.25. The number of anilines is 2. The van der Waals surface area contributed by atoms with Crippen LogP contribution in [-0.4, -0.2) is 62.8 Å². The van der Waals surface area contributed by atoms with Gasteiger partial charge in [0.05, 0.1) is 14.2 Å². The van der Waals surface area contributed by atoms with Crippen molar-refractivity contribution in [3.63, 3.8) is 0 Å². The summed E-state index contributed by atoms with van der Waals surface area (Å²) in [5.74, 6) is 3.18. The van der Waals surface area contributed by atoms with Crippen LogP contribution in [0, 0.1) is 6.92 Å². The van der Waals surface area contributed by atoms with Gasteiger partial charge in [-0.1, -0.05) is 0 Å². The van der Waals surface area contributed by atoms with E-state index in [1.54, 1.807) is 14.2 Å². The second kappa shape index (κ2) is 8.43. The Kier molecular flexibility index (Phi) is 6.01. The minimum atomic E-state index is 0.759. The van der Waals surface area contributed by atoms with Crippen LogP contribution in [0.4, 0.5) is 11.8 Å². The molecule has 7 heteroatoms. The van der Waals surface area contributed by atoms with Crippen molar-refractivity contribution in [3.8, 4) is 11.5 Å². The van der Waals surface area contributed by atoms with E-state index in [0.717, 1.165) is 61.6 Å². The highest BCUT2D eigenvalue weighted by molar-refractivity contribution is 5.52. The molecule has 7 nitrogen and oxygen atoms in total. The summed E-state index contributed by atoms with van der Waals surface area (Å²) in [6.07, 6.45) is 0.927. The molecule has 1 aromatic heterocycles. The SMILES string of the molecule is COc1cc2c(cc1OC)CN(c1nc(C)cc(NCCN(C)C)n1)CC2. The average Bonchev–Trinajstić information content (AvgIpc) is 2.65. The number of hydrogen-bond acceptors (Lipinski definition) is 7. The number of nitrogens with one attached hydrogen (secondary N) is 1. The maximum atomic E-state index is 5.46. The highest BCUT2D eigenvalue weighted by atomic mass is 16.5. The van der Waals surface area contributed by atoms with E-state index in [0.29, 0.717) is 0 Å². The monoisotopic (exact) mass is 371 g/mol. The Morgan fingerprint density at radius 2 is 1.78 bits per heavy atom. The van der Waals surface area contributed by atoms with E-state index in [9.17, 15) is 0 Å². The molecule has 0 bridgehead atoms. The summed E-state index contributed by atoms with van der Waals surface area (Å²) in [5, 5.41) is 3.39. The first-order valence-corrected chi connectivity index (χ1v) is 9.23. The fourth-order valence-corrected chi connectivity index (χ4v) is 3.25. The van der Waals surface area contributed by atoms with E-state index in [-0.39, 0.29) is 0 Å². The van der Waals surface area contributed by atoms with E-state index in [1.165, 1.54) is 11.1 Å². The first-order valence-electron chi connectivity index (χ1n) is 9.23. The Morgan fingerprint density at radius 3 is 2.44 bits per heavy atom. The molecule has 146 valence electrons. The number of aryl methyl sites for hydroxylation is 1. The first kappa shape index (κ1) is 19.2. The van der Waals surface area contributed by atoms with Gasteiger partial charge < -0.3 is 24.6 Å². The molecule has 0 unspecified atom stereocenters. The van der Waals surface area contributed by atoms with Gasteiger partial charge in [-0.3, -0.25) is 0 Å². The smallest absolute Gasteiger partial charge is 0.227 e. The van der Waals surface area contributed by atoms with Gasteiger partial charge in [-0.2, -0.15) is 4.98 Å². The van der Waals surface area contributed by atoms with Crippen LogP contribution in [0.2, 0.25) is 0 Å². The number of hydrogen-bond donors (Lipinski definition) is 1. The third-order valence-corrected chi connectivity index (χ3v) is 4.71. The Labute approximate surface area is 161 Å². The molecule has 27 heavy (non-hydrogen) atoms. The lowest BCUT2D eigenvalue weighted by molar-refractivity contribution is 0.353. The lowest BCUT2D eigenvalue weighted by Crippen LogP contribution is -2.32. The Hall–Kier alpha value is -2.54. The van der Waals surface area contributed by atoms with Crippen LogP contribution in [0.3, 0.4) is 0 Å². The molecule has 1 aliphatic heterocycles. The minimum absolute atomic E-state index is 0.759. The topological polar surface area (TPSA) is 62.8 Å². The lowest BCUT2D eigenvalue weighted by atomic mass is 9.99. The summed E-state index contributed by atoms with van der Waals surface area (Å²) in [7, 11) is 7.46. The van der Waals surface area contributed by atoms with Gasteiger partial charge in [0.1, 0.15) is 5.82 Å². The van der Waals surface area contributed by atoms with Crippen molar-refractivity contribution in [2.24, 2.45) is 0 Å². The second-order valence-corrected chi connectivity index (χ2v) is 7.07. The third-order valence-electron chi connectivity index (χ3n) is 4.71. The molecule has 0 atom stereocenters. The molecule has 0 amide bonds. The van der Waals surface area contributed by atoms with Gasteiger partial charge in [0, 0.05) is 37.9 Å². The molecule has 0 aliphatic carbocycles. The van der Waals surface area contributed by atoms with Crippen LogP contribution in [0.5, 0.6) is 11.5 Å². The predicted molar refractivity (Wildman–Crippen MR) is 108 cm³/mol. The highest BCUT2D eigenvalue weighted by Gasteiger charge is 2.21. The number of nitrogens with zero attached hydrogens (tertiary/aromatic N) is 4. The van der Waals surface area contributed by atoms with E-state index in [1.807, 2.05) is 13.0 Å². The number of ether oxygens (including phenoxy) is 2. The number of methoxy groups -OCH3 is 2. The molecule has 0 spiro atoms. The van der Waals surface area contributed by atoms with Crippen LogP contribution >= 0.6 is 0 Å². The second-order valence-electron chi connectivity index (χ2n) is 7.07. The van der Waals surface area contributed by atoms with Gasteiger partial charge in [0.2, 0.25) is 5.95 Å². The summed E-state index contributed by atoms with van der Waals surface area (Å²) in [6.45, 7) is 5.45. The number of rotatable bonds is 7. The summed E-state index contributed by atoms with van der Waals surface area (Å²) < 4.78 is 10.9. The summed E-state index contributed by atoms with van der Waals surface area (Å²) in [4.78, 5) is 13.8. The molecule has 3 rings (SSSR count). The van der Waals surface area contributed by atoms with Crippen molar-refractivity contribution in [2.45, 2.75) is 19.9 Å². The maximum Gasteiger partial charge on any atom is 0.227 e. The predicted octanol–water partition coefficient (Wildman–Crippen LogP) is 2.34. The van der Waals surface area contributed by atoms with Crippen LogP contribution in [0.15, 0.2) is 18.2 Å². The minimum Gasteiger partial charge on any atom is -0.493 e. The first-order chi connectivity index (χ1) is 13.0. The zero-order valence-electron chi connectivity index (χ0n) is 16.9. The Bertz CT molecular complexity index is 794. The maximum absolute atomic E-state index is 5.46. The molecule has 0 saturated heterocycles. The Balaban J connectivity index is 1.79. The van der Waals surface area contributed by atoms with Crippen molar-refractivity contribution in [3.05, 3.63) is 35.0 Å². The molecule has 0 radical (unpaired) electrons. The molecule has 0 fully saturated rings. The highest BCUT2D eigenvalue weighted by Crippen LogP contribution is 2.34. The van der Waals surface area contributed by atoms with Gasteiger partial charge >= 0.3 is 0 Å². The van der Waals surface area contributed by atoms with E-state index < -0.39 is 0 Å². The number of aromatic nitrogens is 2. The van der Waals surface area contributed by atoms with Crippen molar-refractivity contribution >= 4 is 11.8 Å². The lowest BCUT2D eigenvalue weighted by Gasteiger charge is -2.30.